The number of ether oxygens (including phenoxy) is 1. The predicted molar refractivity (Wildman–Crippen MR) is 101 cm³/mol. The maximum absolute atomic E-state index is 12.7. The Balaban J connectivity index is 1.89. The van der Waals surface area contributed by atoms with Gasteiger partial charge in [-0.3, -0.25) is 9.59 Å². The van der Waals surface area contributed by atoms with Crippen molar-refractivity contribution in [1.29, 1.82) is 0 Å². The van der Waals surface area contributed by atoms with Crippen LogP contribution >= 0.6 is 39.1 Å². The molecule has 2 aromatic rings. The molecule has 0 aromatic heterocycles. The number of carbonyl (C=O) groups is 2. The zero-order valence-electron chi connectivity index (χ0n) is 12.8. The molecule has 0 saturated carbocycles. The lowest BCUT2D eigenvalue weighted by atomic mass is 10.2. The first-order valence-corrected chi connectivity index (χ1v) is 8.62. The van der Waals surface area contributed by atoms with Crippen LogP contribution in [0.25, 0.3) is 0 Å². The van der Waals surface area contributed by atoms with Gasteiger partial charge < -0.3 is 10.1 Å². The summed E-state index contributed by atoms with van der Waals surface area (Å²) >= 11 is 15.5. The van der Waals surface area contributed by atoms with Crippen molar-refractivity contribution in [3.8, 4) is 5.75 Å². The molecule has 5 nitrogen and oxygen atoms in total. The van der Waals surface area contributed by atoms with Gasteiger partial charge in [0.1, 0.15) is 16.5 Å². The molecule has 1 heterocycles. The van der Waals surface area contributed by atoms with Gasteiger partial charge in [0.05, 0.1) is 17.8 Å². The molecule has 1 aliphatic heterocycles. The van der Waals surface area contributed by atoms with Crippen molar-refractivity contribution in [1.82, 2.24) is 0 Å². The number of carbonyl (C=O) groups excluding carboxylic acids is 2. The van der Waals surface area contributed by atoms with Gasteiger partial charge in [-0.15, -0.1) is 0 Å². The molecule has 0 aliphatic carbocycles. The summed E-state index contributed by atoms with van der Waals surface area (Å²) in [5, 5.41) is 3.05. The fourth-order valence-electron chi connectivity index (χ4n) is 2.32. The maximum Gasteiger partial charge on any atom is 0.283 e. The van der Waals surface area contributed by atoms with Crippen molar-refractivity contribution >= 4 is 62.3 Å². The van der Waals surface area contributed by atoms with E-state index in [1.54, 1.807) is 42.5 Å². The van der Waals surface area contributed by atoms with E-state index < -0.39 is 11.8 Å². The minimum absolute atomic E-state index is 0.00387. The van der Waals surface area contributed by atoms with Crippen LogP contribution in [0.15, 0.2) is 57.7 Å². The van der Waals surface area contributed by atoms with Crippen molar-refractivity contribution in [2.75, 3.05) is 17.3 Å². The molecule has 0 atom stereocenters. The van der Waals surface area contributed by atoms with Crippen LogP contribution in [0.2, 0.25) is 5.02 Å². The largest absolute Gasteiger partial charge is 0.495 e. The number of amides is 2. The quantitative estimate of drug-likeness (QED) is 0.707. The first-order valence-electron chi connectivity index (χ1n) is 7.07. The van der Waals surface area contributed by atoms with Gasteiger partial charge >= 0.3 is 0 Å². The fraction of sp³-hybridized carbons (Fsp3) is 0.0588. The second-order valence-electron chi connectivity index (χ2n) is 5.09. The van der Waals surface area contributed by atoms with Crippen LogP contribution < -0.4 is 15.0 Å². The summed E-state index contributed by atoms with van der Waals surface area (Å²) in [7, 11) is 1.50. The molecule has 0 fully saturated rings. The fourth-order valence-corrected chi connectivity index (χ4v) is 3.06. The number of rotatable bonds is 4. The standard InChI is InChI=1S/C17H11BrCl2N2O3/c1-25-13-7-4-10(8-12(13)19)21-15-14(20)16(23)22(17(15)24)11-5-2-9(18)3-6-11/h2-8,21H,1H3. The zero-order valence-corrected chi connectivity index (χ0v) is 15.9. The average Bonchev–Trinajstić information content (AvgIpc) is 2.80. The third-order valence-corrected chi connectivity index (χ3v) is 4.71. The van der Waals surface area contributed by atoms with E-state index in [1.165, 1.54) is 7.11 Å². The van der Waals surface area contributed by atoms with Crippen LogP contribution in [0.4, 0.5) is 11.4 Å². The van der Waals surface area contributed by atoms with E-state index in [2.05, 4.69) is 21.2 Å². The highest BCUT2D eigenvalue weighted by molar-refractivity contribution is 9.10. The second-order valence-corrected chi connectivity index (χ2v) is 6.79. The summed E-state index contributed by atoms with van der Waals surface area (Å²) in [6.45, 7) is 0. The Morgan fingerprint density at radius 3 is 2.32 bits per heavy atom. The van der Waals surface area contributed by atoms with Gasteiger partial charge in [0.2, 0.25) is 0 Å². The highest BCUT2D eigenvalue weighted by Gasteiger charge is 2.38. The zero-order chi connectivity index (χ0) is 18.1. The van der Waals surface area contributed by atoms with E-state index in [1.807, 2.05) is 0 Å². The first kappa shape index (κ1) is 17.8. The van der Waals surface area contributed by atoms with Crippen molar-refractivity contribution in [3.05, 3.63) is 62.7 Å². The molecule has 0 saturated heterocycles. The summed E-state index contributed by atoms with van der Waals surface area (Å²) in [5.74, 6) is -0.627. The van der Waals surface area contributed by atoms with Crippen molar-refractivity contribution < 1.29 is 14.3 Å². The van der Waals surface area contributed by atoms with Gasteiger partial charge in [0.25, 0.3) is 11.8 Å². The third-order valence-electron chi connectivity index (χ3n) is 3.53. The monoisotopic (exact) mass is 440 g/mol. The smallest absolute Gasteiger partial charge is 0.283 e. The SMILES string of the molecule is COc1ccc(NC2=C(Cl)C(=O)N(c3ccc(Br)cc3)C2=O)cc1Cl. The normalized spacial score (nSPS) is 14.3. The Morgan fingerprint density at radius 1 is 1.04 bits per heavy atom. The van der Waals surface area contributed by atoms with Crippen LogP contribution in [-0.4, -0.2) is 18.9 Å². The molecule has 0 spiro atoms. The molecular formula is C17H11BrCl2N2O3. The van der Waals surface area contributed by atoms with E-state index in [-0.39, 0.29) is 10.7 Å². The minimum atomic E-state index is -0.587. The van der Waals surface area contributed by atoms with Crippen molar-refractivity contribution in [3.63, 3.8) is 0 Å². The molecule has 2 aromatic carbocycles. The summed E-state index contributed by atoms with van der Waals surface area (Å²) in [6, 6.07) is 11.7. The lowest BCUT2D eigenvalue weighted by molar-refractivity contribution is -0.120. The van der Waals surface area contributed by atoms with Gasteiger partial charge in [-0.1, -0.05) is 39.1 Å². The van der Waals surface area contributed by atoms with Crippen molar-refractivity contribution in [2.24, 2.45) is 0 Å². The molecule has 8 heteroatoms. The van der Waals surface area contributed by atoms with E-state index in [4.69, 9.17) is 27.9 Å². The molecule has 1 aliphatic rings. The highest BCUT2D eigenvalue weighted by Crippen LogP contribution is 2.32. The molecule has 128 valence electrons. The highest BCUT2D eigenvalue weighted by atomic mass is 79.9. The molecule has 0 radical (unpaired) electrons. The molecular weight excluding hydrogens is 431 g/mol. The summed E-state index contributed by atoms with van der Waals surface area (Å²) < 4.78 is 5.92. The number of hydrogen-bond donors (Lipinski definition) is 1. The van der Waals surface area contributed by atoms with Gasteiger partial charge in [-0.05, 0) is 42.5 Å². The maximum atomic E-state index is 12.7. The number of halogens is 3. The number of methoxy groups -OCH3 is 1. The lowest BCUT2D eigenvalue weighted by Crippen LogP contribution is -2.32. The molecule has 0 unspecified atom stereocenters. The van der Waals surface area contributed by atoms with Crippen LogP contribution in [0, 0.1) is 0 Å². The predicted octanol–water partition coefficient (Wildman–Crippen LogP) is 4.55. The Hall–Kier alpha value is -2.02. The molecule has 25 heavy (non-hydrogen) atoms. The van der Waals surface area contributed by atoms with E-state index in [0.717, 1.165) is 9.37 Å². The number of nitrogens with zero attached hydrogens (tertiary/aromatic N) is 1. The van der Waals surface area contributed by atoms with E-state index >= 15 is 0 Å². The van der Waals surface area contributed by atoms with E-state index in [9.17, 15) is 9.59 Å². The Labute approximate surface area is 162 Å². The number of hydrogen-bond acceptors (Lipinski definition) is 4. The van der Waals surface area contributed by atoms with E-state index in [0.29, 0.717) is 22.1 Å². The first-order chi connectivity index (χ1) is 11.9. The number of anilines is 2. The summed E-state index contributed by atoms with van der Waals surface area (Å²) in [5.41, 5.74) is 0.939. The minimum Gasteiger partial charge on any atom is -0.495 e. The van der Waals surface area contributed by atoms with Gasteiger partial charge in [0, 0.05) is 10.2 Å². The van der Waals surface area contributed by atoms with Gasteiger partial charge in [-0.2, -0.15) is 0 Å². The number of nitrogens with one attached hydrogen (secondary N) is 1. The van der Waals surface area contributed by atoms with Gasteiger partial charge in [0.15, 0.2) is 0 Å². The Kier molecular flexibility index (Phi) is 5.03. The summed E-state index contributed by atoms with van der Waals surface area (Å²) in [6.07, 6.45) is 0. The van der Waals surface area contributed by atoms with Crippen LogP contribution in [0.1, 0.15) is 0 Å². The molecule has 1 N–H and O–H groups in total. The Morgan fingerprint density at radius 2 is 1.72 bits per heavy atom. The Bertz CT molecular complexity index is 897. The van der Waals surface area contributed by atoms with Gasteiger partial charge in [-0.25, -0.2) is 4.90 Å². The topological polar surface area (TPSA) is 58.6 Å². The second kappa shape index (κ2) is 7.07. The molecule has 0 bridgehead atoms. The van der Waals surface area contributed by atoms with Crippen LogP contribution in [-0.2, 0) is 9.59 Å². The van der Waals surface area contributed by atoms with Crippen LogP contribution in [0.5, 0.6) is 5.75 Å². The summed E-state index contributed by atoms with van der Waals surface area (Å²) in [4.78, 5) is 26.1. The third kappa shape index (κ3) is 3.38. The van der Waals surface area contributed by atoms with Crippen molar-refractivity contribution in [2.45, 2.75) is 0 Å². The average molecular weight is 442 g/mol. The molecule has 2 amide bonds. The molecule has 3 rings (SSSR count). The number of benzene rings is 2. The number of imide groups is 1. The lowest BCUT2D eigenvalue weighted by Gasteiger charge is -2.15. The van der Waals surface area contributed by atoms with Crippen LogP contribution in [0.3, 0.4) is 0 Å².